The molecular weight excluding hydrogens is 408 g/mol. The van der Waals surface area contributed by atoms with Gasteiger partial charge in [-0.05, 0) is 57.4 Å². The normalized spacial score (nSPS) is 11.3. The Morgan fingerprint density at radius 3 is 2.48 bits per heavy atom. The molecule has 3 rings (SSSR count). The van der Waals surface area contributed by atoms with Crippen molar-refractivity contribution in [3.63, 3.8) is 0 Å². The number of hydrogen-bond acceptors (Lipinski definition) is 4. The fraction of sp³-hybridized carbons (Fsp3) is 0.263. The van der Waals surface area contributed by atoms with Gasteiger partial charge in [-0.15, -0.1) is 0 Å². The molecule has 2 aromatic carbocycles. The van der Waals surface area contributed by atoms with Crippen LogP contribution >= 0.6 is 34.5 Å². The van der Waals surface area contributed by atoms with Crippen molar-refractivity contribution in [2.45, 2.75) is 6.42 Å². The quantitative estimate of drug-likeness (QED) is 0.534. The lowest BCUT2D eigenvalue weighted by molar-refractivity contribution is 0.0986. The Balaban J connectivity index is 1.98. The molecule has 0 aliphatic heterocycles. The summed E-state index contributed by atoms with van der Waals surface area (Å²) < 4.78 is 14.7. The molecular formula is C19H18Cl2FN3OS. The van der Waals surface area contributed by atoms with E-state index in [1.165, 1.54) is 17.4 Å². The smallest absolute Gasteiger partial charge is 0.260 e. The summed E-state index contributed by atoms with van der Waals surface area (Å²) in [5.74, 6) is -0.667. The predicted octanol–water partition coefficient (Wildman–Crippen LogP) is 5.34. The average Bonchev–Trinajstić information content (AvgIpc) is 3.02. The molecule has 1 amide bonds. The number of rotatable bonds is 6. The van der Waals surface area contributed by atoms with Gasteiger partial charge in [0.05, 0.1) is 4.70 Å². The molecule has 0 spiro atoms. The first-order valence-electron chi connectivity index (χ1n) is 8.33. The van der Waals surface area contributed by atoms with Crippen molar-refractivity contribution in [2.75, 3.05) is 32.1 Å². The molecule has 0 saturated carbocycles. The highest BCUT2D eigenvalue weighted by Crippen LogP contribution is 2.32. The summed E-state index contributed by atoms with van der Waals surface area (Å²) >= 11 is 13.4. The number of benzene rings is 2. The molecule has 4 nitrogen and oxygen atoms in total. The number of thiazole rings is 1. The number of carbonyl (C=O) groups excluding carboxylic acids is 1. The van der Waals surface area contributed by atoms with Crippen LogP contribution in [0, 0.1) is 5.82 Å². The van der Waals surface area contributed by atoms with Crippen LogP contribution in [0.5, 0.6) is 0 Å². The molecule has 0 aliphatic carbocycles. The van der Waals surface area contributed by atoms with Crippen LogP contribution in [0.1, 0.15) is 16.8 Å². The Bertz CT molecular complexity index is 956. The Labute approximate surface area is 171 Å². The van der Waals surface area contributed by atoms with Crippen LogP contribution in [0.3, 0.4) is 0 Å². The second-order valence-corrected chi connectivity index (χ2v) is 8.24. The third-order valence-electron chi connectivity index (χ3n) is 3.93. The summed E-state index contributed by atoms with van der Waals surface area (Å²) in [6, 6.07) is 9.50. The van der Waals surface area contributed by atoms with E-state index in [1.54, 1.807) is 35.2 Å². The lowest BCUT2D eigenvalue weighted by Gasteiger charge is -2.21. The van der Waals surface area contributed by atoms with E-state index < -0.39 is 5.82 Å². The number of carbonyl (C=O) groups is 1. The van der Waals surface area contributed by atoms with E-state index in [2.05, 4.69) is 4.98 Å². The van der Waals surface area contributed by atoms with Crippen molar-refractivity contribution in [3.8, 4) is 0 Å². The van der Waals surface area contributed by atoms with Crippen LogP contribution in [0.15, 0.2) is 36.4 Å². The molecule has 1 aromatic heterocycles. The van der Waals surface area contributed by atoms with Crippen molar-refractivity contribution in [3.05, 3.63) is 57.8 Å². The van der Waals surface area contributed by atoms with E-state index in [0.29, 0.717) is 32.0 Å². The van der Waals surface area contributed by atoms with Gasteiger partial charge in [0.2, 0.25) is 0 Å². The monoisotopic (exact) mass is 425 g/mol. The van der Waals surface area contributed by atoms with Gasteiger partial charge in [-0.2, -0.15) is 0 Å². The topological polar surface area (TPSA) is 36.4 Å². The molecule has 142 valence electrons. The number of aromatic nitrogens is 1. The van der Waals surface area contributed by atoms with Crippen LogP contribution in [0.4, 0.5) is 9.52 Å². The Morgan fingerprint density at radius 2 is 1.85 bits per heavy atom. The maximum absolute atomic E-state index is 14.0. The largest absolute Gasteiger partial charge is 0.309 e. The molecule has 27 heavy (non-hydrogen) atoms. The van der Waals surface area contributed by atoms with E-state index in [4.69, 9.17) is 23.2 Å². The van der Waals surface area contributed by atoms with Crippen LogP contribution in [-0.4, -0.2) is 43.0 Å². The van der Waals surface area contributed by atoms with Crippen LogP contribution in [0.25, 0.3) is 10.2 Å². The van der Waals surface area contributed by atoms with Gasteiger partial charge in [0.25, 0.3) is 5.91 Å². The summed E-state index contributed by atoms with van der Waals surface area (Å²) in [5.41, 5.74) is 0.643. The molecule has 0 bridgehead atoms. The first kappa shape index (κ1) is 20.0. The summed E-state index contributed by atoms with van der Waals surface area (Å²) in [6.07, 6.45) is 0.742. The van der Waals surface area contributed by atoms with Crippen molar-refractivity contribution < 1.29 is 9.18 Å². The number of hydrogen-bond donors (Lipinski definition) is 0. The van der Waals surface area contributed by atoms with E-state index in [9.17, 15) is 9.18 Å². The molecule has 0 atom stereocenters. The van der Waals surface area contributed by atoms with E-state index >= 15 is 0 Å². The SMILES string of the molecule is CN(C)CCCN(C(=O)c1cc(Cl)cc(Cl)c1)c1nc2c(F)cccc2s1. The Hall–Kier alpha value is -1.73. The zero-order valence-electron chi connectivity index (χ0n) is 14.9. The molecule has 1 heterocycles. The van der Waals surface area contributed by atoms with Gasteiger partial charge >= 0.3 is 0 Å². The zero-order valence-corrected chi connectivity index (χ0v) is 17.2. The van der Waals surface area contributed by atoms with Gasteiger partial charge in [-0.1, -0.05) is 40.6 Å². The lowest BCUT2D eigenvalue weighted by Crippen LogP contribution is -2.33. The molecule has 0 unspecified atom stereocenters. The highest BCUT2D eigenvalue weighted by molar-refractivity contribution is 7.22. The van der Waals surface area contributed by atoms with Crippen LogP contribution < -0.4 is 4.90 Å². The highest BCUT2D eigenvalue weighted by Gasteiger charge is 2.22. The second-order valence-electron chi connectivity index (χ2n) is 6.35. The molecule has 8 heteroatoms. The van der Waals surface area contributed by atoms with Gasteiger partial charge < -0.3 is 4.90 Å². The molecule has 0 aliphatic rings. The van der Waals surface area contributed by atoms with E-state index in [1.807, 2.05) is 19.0 Å². The summed E-state index contributed by atoms with van der Waals surface area (Å²) in [6.45, 7) is 1.25. The van der Waals surface area contributed by atoms with Crippen molar-refractivity contribution in [1.29, 1.82) is 0 Å². The first-order chi connectivity index (χ1) is 12.8. The molecule has 3 aromatic rings. The van der Waals surface area contributed by atoms with Gasteiger partial charge in [-0.3, -0.25) is 9.69 Å². The van der Waals surface area contributed by atoms with Gasteiger partial charge in [0.15, 0.2) is 5.13 Å². The highest BCUT2D eigenvalue weighted by atomic mass is 35.5. The zero-order chi connectivity index (χ0) is 19.6. The number of amides is 1. The number of fused-ring (bicyclic) bond motifs is 1. The summed E-state index contributed by atoms with van der Waals surface area (Å²) in [5, 5.41) is 1.22. The predicted molar refractivity (Wildman–Crippen MR) is 111 cm³/mol. The minimum atomic E-state index is -0.401. The number of para-hydroxylation sites is 1. The van der Waals surface area contributed by atoms with Crippen LogP contribution in [0.2, 0.25) is 10.0 Å². The fourth-order valence-electron chi connectivity index (χ4n) is 2.68. The third kappa shape index (κ3) is 4.76. The van der Waals surface area contributed by atoms with Gasteiger partial charge in [-0.25, -0.2) is 9.37 Å². The Morgan fingerprint density at radius 1 is 1.15 bits per heavy atom. The van der Waals surface area contributed by atoms with E-state index in [-0.39, 0.29) is 11.4 Å². The average molecular weight is 426 g/mol. The maximum Gasteiger partial charge on any atom is 0.260 e. The first-order valence-corrected chi connectivity index (χ1v) is 9.90. The number of nitrogens with zero attached hydrogens (tertiary/aromatic N) is 3. The number of anilines is 1. The minimum absolute atomic E-state index is 0.266. The molecule has 0 saturated heterocycles. The summed E-state index contributed by atoms with van der Waals surface area (Å²) in [7, 11) is 3.94. The standard InChI is InChI=1S/C19H18Cl2FN3OS/c1-24(2)7-4-8-25(18(26)12-9-13(20)11-14(21)10-12)19-23-17-15(22)5-3-6-16(17)27-19/h3,5-6,9-11H,4,7-8H2,1-2H3. The van der Waals surface area contributed by atoms with Gasteiger partial charge in [0.1, 0.15) is 11.3 Å². The molecule has 0 N–H and O–H groups in total. The fourth-order valence-corrected chi connectivity index (χ4v) is 4.21. The summed E-state index contributed by atoms with van der Waals surface area (Å²) in [4.78, 5) is 21.1. The molecule has 0 radical (unpaired) electrons. The minimum Gasteiger partial charge on any atom is -0.309 e. The van der Waals surface area contributed by atoms with Crippen molar-refractivity contribution in [2.24, 2.45) is 0 Å². The van der Waals surface area contributed by atoms with Crippen molar-refractivity contribution >= 4 is 55.8 Å². The lowest BCUT2D eigenvalue weighted by atomic mass is 10.2. The second kappa shape index (κ2) is 8.52. The third-order valence-corrected chi connectivity index (χ3v) is 5.41. The van der Waals surface area contributed by atoms with Crippen LogP contribution in [-0.2, 0) is 0 Å². The molecule has 0 fully saturated rings. The Kier molecular flexibility index (Phi) is 6.32. The van der Waals surface area contributed by atoms with Crippen molar-refractivity contribution in [1.82, 2.24) is 9.88 Å². The van der Waals surface area contributed by atoms with Gasteiger partial charge in [0, 0.05) is 22.2 Å². The van der Waals surface area contributed by atoms with E-state index in [0.717, 1.165) is 13.0 Å². The number of halogens is 3. The maximum atomic E-state index is 14.0.